The van der Waals surface area contributed by atoms with Gasteiger partial charge in [0.05, 0.1) is 0 Å². The van der Waals surface area contributed by atoms with Crippen molar-refractivity contribution in [1.29, 1.82) is 0 Å². The lowest BCUT2D eigenvalue weighted by Gasteiger charge is -2.27. The van der Waals surface area contributed by atoms with E-state index < -0.39 is 29.7 Å². The van der Waals surface area contributed by atoms with Gasteiger partial charge in [-0.1, -0.05) is 36.4 Å². The number of carbonyl (C=O) groups excluding carboxylic acids is 2. The summed E-state index contributed by atoms with van der Waals surface area (Å²) in [5, 5.41) is 9.49. The molecule has 1 heterocycles. The van der Waals surface area contributed by atoms with Gasteiger partial charge in [-0.05, 0) is 18.2 Å². The number of benzene rings is 2. The average molecular weight is 312 g/mol. The Morgan fingerprint density at radius 1 is 1.04 bits per heavy atom. The summed E-state index contributed by atoms with van der Waals surface area (Å²) in [4.78, 5) is 35.6. The number of aliphatic carboxylic acids is 1. The number of carboxylic acid groups (broad SMARTS) is 1. The molecule has 0 saturated carbocycles. The fraction of sp³-hybridized carbons (Fsp3) is 0.118. The van der Waals surface area contributed by atoms with E-state index in [0.29, 0.717) is 11.3 Å². The van der Waals surface area contributed by atoms with Crippen LogP contribution in [0.25, 0.3) is 0 Å². The maximum Gasteiger partial charge on any atom is 0.380 e. The van der Waals surface area contributed by atoms with E-state index in [1.54, 1.807) is 48.5 Å². The Kier molecular flexibility index (Phi) is 3.80. The molecule has 116 valence electrons. The van der Waals surface area contributed by atoms with Gasteiger partial charge in [-0.25, -0.2) is 9.59 Å². The van der Waals surface area contributed by atoms with Crippen molar-refractivity contribution < 1.29 is 29.0 Å². The molecule has 23 heavy (non-hydrogen) atoms. The molecular formula is C17H12O6. The van der Waals surface area contributed by atoms with Crippen molar-refractivity contribution in [1.82, 2.24) is 0 Å². The van der Waals surface area contributed by atoms with Crippen molar-refractivity contribution in [3.8, 4) is 11.5 Å². The standard InChI is InChI=1S/C17H12O6/c18-14-13(11-8-4-5-9-12(11)23-17(14)21)15(16(19)20)22-10-6-2-1-3-7-10/h1-9,13,15H,(H,19,20). The van der Waals surface area contributed by atoms with E-state index in [1.165, 1.54) is 6.07 Å². The van der Waals surface area contributed by atoms with E-state index in [2.05, 4.69) is 0 Å². The van der Waals surface area contributed by atoms with E-state index in [9.17, 15) is 19.5 Å². The molecule has 0 aliphatic carbocycles. The summed E-state index contributed by atoms with van der Waals surface area (Å²) in [6.07, 6.45) is -1.53. The Morgan fingerprint density at radius 3 is 2.39 bits per heavy atom. The van der Waals surface area contributed by atoms with Gasteiger partial charge in [0.25, 0.3) is 5.78 Å². The van der Waals surface area contributed by atoms with Crippen molar-refractivity contribution in [2.75, 3.05) is 0 Å². The van der Waals surface area contributed by atoms with Gasteiger partial charge in [0.1, 0.15) is 17.4 Å². The molecule has 2 aromatic rings. The lowest BCUT2D eigenvalue weighted by atomic mass is 9.86. The minimum Gasteiger partial charge on any atom is -0.478 e. The number of carbonyl (C=O) groups is 3. The van der Waals surface area contributed by atoms with Crippen LogP contribution >= 0.6 is 0 Å². The molecule has 0 amide bonds. The van der Waals surface area contributed by atoms with Crippen molar-refractivity contribution in [3.63, 3.8) is 0 Å². The van der Waals surface area contributed by atoms with Crippen LogP contribution in [-0.2, 0) is 14.4 Å². The minimum atomic E-state index is -1.53. The SMILES string of the molecule is O=C1Oc2ccccc2C(C(Oc2ccccc2)C(=O)O)C1=O. The van der Waals surface area contributed by atoms with Gasteiger partial charge >= 0.3 is 11.9 Å². The molecule has 6 heteroatoms. The number of carboxylic acids is 1. The second kappa shape index (κ2) is 5.92. The van der Waals surface area contributed by atoms with Crippen LogP contribution in [0.2, 0.25) is 0 Å². The number of Topliss-reactive ketones (excluding diaryl/α,β-unsaturated/α-hetero) is 1. The monoisotopic (exact) mass is 312 g/mol. The van der Waals surface area contributed by atoms with E-state index in [1.807, 2.05) is 0 Å². The van der Waals surface area contributed by atoms with Crippen molar-refractivity contribution in [3.05, 3.63) is 60.2 Å². The summed E-state index contributed by atoms with van der Waals surface area (Å²) in [5.41, 5.74) is 0.320. The molecular weight excluding hydrogens is 300 g/mol. The maximum atomic E-state index is 12.2. The van der Waals surface area contributed by atoms with E-state index in [0.717, 1.165) is 0 Å². The third-order valence-electron chi connectivity index (χ3n) is 3.49. The van der Waals surface area contributed by atoms with Gasteiger partial charge in [0.2, 0.25) is 6.10 Å². The molecule has 2 unspecified atom stereocenters. The number of ketones is 1. The molecule has 2 atom stereocenters. The maximum absolute atomic E-state index is 12.2. The quantitative estimate of drug-likeness (QED) is 0.526. The zero-order valence-corrected chi connectivity index (χ0v) is 11.8. The number of ether oxygens (including phenoxy) is 2. The molecule has 0 radical (unpaired) electrons. The number of hydrogen-bond donors (Lipinski definition) is 1. The van der Waals surface area contributed by atoms with E-state index in [4.69, 9.17) is 9.47 Å². The number of rotatable bonds is 4. The fourth-order valence-electron chi connectivity index (χ4n) is 2.46. The molecule has 1 aliphatic rings. The first-order valence-corrected chi connectivity index (χ1v) is 6.87. The highest BCUT2D eigenvalue weighted by atomic mass is 16.5. The van der Waals surface area contributed by atoms with Crippen LogP contribution < -0.4 is 9.47 Å². The number of para-hydroxylation sites is 2. The molecule has 6 nitrogen and oxygen atoms in total. The smallest absolute Gasteiger partial charge is 0.380 e. The van der Waals surface area contributed by atoms with Gasteiger partial charge in [-0.15, -0.1) is 0 Å². The van der Waals surface area contributed by atoms with Crippen LogP contribution in [0.5, 0.6) is 11.5 Å². The molecule has 0 saturated heterocycles. The molecule has 0 aromatic heterocycles. The molecule has 1 N–H and O–H groups in total. The molecule has 1 aliphatic heterocycles. The van der Waals surface area contributed by atoms with E-state index >= 15 is 0 Å². The van der Waals surface area contributed by atoms with Crippen molar-refractivity contribution in [2.24, 2.45) is 0 Å². The van der Waals surface area contributed by atoms with Crippen LogP contribution in [0, 0.1) is 0 Å². The van der Waals surface area contributed by atoms with Crippen LogP contribution in [0.3, 0.4) is 0 Å². The van der Waals surface area contributed by atoms with Crippen LogP contribution in [0.15, 0.2) is 54.6 Å². The Labute approximate surface area is 131 Å². The number of fused-ring (bicyclic) bond motifs is 1. The first-order valence-electron chi connectivity index (χ1n) is 6.87. The summed E-state index contributed by atoms with van der Waals surface area (Å²) in [6, 6.07) is 14.6. The zero-order valence-electron chi connectivity index (χ0n) is 11.8. The average Bonchev–Trinajstić information content (AvgIpc) is 2.55. The van der Waals surface area contributed by atoms with Crippen molar-refractivity contribution >= 4 is 17.7 Å². The van der Waals surface area contributed by atoms with E-state index in [-0.39, 0.29) is 5.75 Å². The molecule has 3 rings (SSSR count). The van der Waals surface area contributed by atoms with Crippen molar-refractivity contribution in [2.45, 2.75) is 12.0 Å². The molecule has 0 bridgehead atoms. The van der Waals surface area contributed by atoms with Crippen LogP contribution in [0.4, 0.5) is 0 Å². The second-order valence-electron chi connectivity index (χ2n) is 4.96. The second-order valence-corrected chi connectivity index (χ2v) is 4.96. The number of hydrogen-bond acceptors (Lipinski definition) is 5. The lowest BCUT2D eigenvalue weighted by Crippen LogP contribution is -2.44. The topological polar surface area (TPSA) is 89.9 Å². The van der Waals surface area contributed by atoms with Crippen LogP contribution in [-0.4, -0.2) is 28.9 Å². The highest BCUT2D eigenvalue weighted by Gasteiger charge is 2.45. The molecule has 0 spiro atoms. The third-order valence-corrected chi connectivity index (χ3v) is 3.49. The third kappa shape index (κ3) is 2.78. The molecule has 0 fully saturated rings. The summed E-state index contributed by atoms with van der Waals surface area (Å²) < 4.78 is 10.4. The lowest BCUT2D eigenvalue weighted by molar-refractivity contribution is -0.155. The van der Waals surface area contributed by atoms with Gasteiger partial charge in [0.15, 0.2) is 0 Å². The fourth-order valence-corrected chi connectivity index (χ4v) is 2.46. The normalized spacial score (nSPS) is 17.8. The predicted molar refractivity (Wildman–Crippen MR) is 78.3 cm³/mol. The van der Waals surface area contributed by atoms with Gasteiger partial charge in [0, 0.05) is 5.56 Å². The molecule has 2 aromatic carbocycles. The highest BCUT2D eigenvalue weighted by molar-refractivity contribution is 6.38. The minimum absolute atomic E-state index is 0.171. The Morgan fingerprint density at radius 2 is 1.70 bits per heavy atom. The Balaban J connectivity index is 2.03. The highest BCUT2D eigenvalue weighted by Crippen LogP contribution is 2.35. The zero-order chi connectivity index (χ0) is 16.4. The first-order chi connectivity index (χ1) is 11.1. The van der Waals surface area contributed by atoms with Gasteiger partial charge < -0.3 is 14.6 Å². The predicted octanol–water partition coefficient (Wildman–Crippen LogP) is 1.79. The summed E-state index contributed by atoms with van der Waals surface area (Å²) in [6.45, 7) is 0. The largest absolute Gasteiger partial charge is 0.478 e. The van der Waals surface area contributed by atoms with Crippen LogP contribution in [0.1, 0.15) is 11.5 Å². The Hall–Kier alpha value is -3.15. The van der Waals surface area contributed by atoms with Gasteiger partial charge in [-0.3, -0.25) is 4.79 Å². The number of esters is 1. The summed E-state index contributed by atoms with van der Waals surface area (Å²) in [7, 11) is 0. The van der Waals surface area contributed by atoms with Gasteiger partial charge in [-0.2, -0.15) is 0 Å². The Bertz CT molecular complexity index is 768. The summed E-state index contributed by atoms with van der Waals surface area (Å²) in [5.74, 6) is -4.15. The first kappa shape index (κ1) is 14.8. The summed E-state index contributed by atoms with van der Waals surface area (Å²) >= 11 is 0.